The average Bonchev–Trinajstić information content (AvgIpc) is 3.13. The van der Waals surface area contributed by atoms with Crippen molar-refractivity contribution in [2.24, 2.45) is 0 Å². The van der Waals surface area contributed by atoms with E-state index in [4.69, 9.17) is 4.74 Å². The lowest BCUT2D eigenvalue weighted by atomic mass is 9.95. The normalized spacial score (nSPS) is 15.4. The maximum Gasteiger partial charge on any atom is 0.255 e. The number of benzene rings is 1. The summed E-state index contributed by atoms with van der Waals surface area (Å²) in [5.74, 6) is 1.97. The minimum Gasteiger partial charge on any atom is -0.439 e. The van der Waals surface area contributed by atoms with Crippen molar-refractivity contribution in [3.63, 3.8) is 0 Å². The smallest absolute Gasteiger partial charge is 0.255 e. The molecule has 25 heavy (non-hydrogen) atoms. The summed E-state index contributed by atoms with van der Waals surface area (Å²) in [7, 11) is 0. The average molecular weight is 337 g/mol. The molecule has 1 fully saturated rings. The van der Waals surface area contributed by atoms with Gasteiger partial charge in [-0.15, -0.1) is 0 Å². The molecule has 1 N–H and O–H groups in total. The standard InChI is InChI=1S/C19H23N5O/c1-2-14-12-18(24-19(23-14)20-13-21-24)25-17-10-8-16(9-11-17)22-15-6-4-3-5-7-15/h8-13,15,22H,2-7H2,1H3. The third-order valence-electron chi connectivity index (χ3n) is 4.69. The van der Waals surface area contributed by atoms with Crippen molar-refractivity contribution in [2.45, 2.75) is 51.5 Å². The molecule has 1 aliphatic rings. The number of hydrogen-bond donors (Lipinski definition) is 1. The van der Waals surface area contributed by atoms with Crippen molar-refractivity contribution >= 4 is 11.5 Å². The van der Waals surface area contributed by atoms with E-state index in [1.54, 1.807) is 4.52 Å². The van der Waals surface area contributed by atoms with E-state index in [1.165, 1.54) is 38.4 Å². The third-order valence-corrected chi connectivity index (χ3v) is 4.69. The quantitative estimate of drug-likeness (QED) is 0.755. The summed E-state index contributed by atoms with van der Waals surface area (Å²) in [5, 5.41) is 7.81. The van der Waals surface area contributed by atoms with Gasteiger partial charge in [0.05, 0.1) is 0 Å². The molecule has 0 radical (unpaired) electrons. The summed E-state index contributed by atoms with van der Waals surface area (Å²) >= 11 is 0. The zero-order valence-corrected chi connectivity index (χ0v) is 14.5. The fourth-order valence-electron chi connectivity index (χ4n) is 3.31. The predicted molar refractivity (Wildman–Crippen MR) is 97.2 cm³/mol. The molecule has 0 amide bonds. The van der Waals surface area contributed by atoms with Gasteiger partial charge in [0.15, 0.2) is 0 Å². The van der Waals surface area contributed by atoms with Gasteiger partial charge in [-0.25, -0.2) is 4.98 Å². The van der Waals surface area contributed by atoms with Gasteiger partial charge in [-0.3, -0.25) is 0 Å². The Bertz CT molecular complexity index is 837. The van der Waals surface area contributed by atoms with Gasteiger partial charge in [0.1, 0.15) is 12.1 Å². The molecular weight excluding hydrogens is 314 g/mol. The lowest BCUT2D eigenvalue weighted by Gasteiger charge is -2.23. The Kier molecular flexibility index (Phi) is 4.50. The van der Waals surface area contributed by atoms with E-state index in [0.717, 1.165) is 23.6 Å². The van der Waals surface area contributed by atoms with Crippen LogP contribution < -0.4 is 10.1 Å². The number of aromatic nitrogens is 4. The lowest BCUT2D eigenvalue weighted by Crippen LogP contribution is -2.22. The van der Waals surface area contributed by atoms with Crippen molar-refractivity contribution in [1.82, 2.24) is 19.6 Å². The summed E-state index contributed by atoms with van der Waals surface area (Å²) in [4.78, 5) is 8.59. The largest absolute Gasteiger partial charge is 0.439 e. The van der Waals surface area contributed by atoms with Crippen molar-refractivity contribution in [2.75, 3.05) is 5.32 Å². The first-order valence-corrected chi connectivity index (χ1v) is 9.06. The fraction of sp³-hybridized carbons (Fsp3) is 0.421. The highest BCUT2D eigenvalue weighted by atomic mass is 16.5. The number of hydrogen-bond acceptors (Lipinski definition) is 5. The molecule has 1 aromatic carbocycles. The highest BCUT2D eigenvalue weighted by Crippen LogP contribution is 2.26. The summed E-state index contributed by atoms with van der Waals surface area (Å²) < 4.78 is 7.65. The van der Waals surface area contributed by atoms with Crippen LogP contribution in [-0.4, -0.2) is 25.6 Å². The molecule has 0 saturated heterocycles. The Morgan fingerprint density at radius 3 is 2.72 bits per heavy atom. The maximum atomic E-state index is 6.03. The van der Waals surface area contributed by atoms with Gasteiger partial charge in [0.25, 0.3) is 5.78 Å². The summed E-state index contributed by atoms with van der Waals surface area (Å²) in [6.45, 7) is 2.06. The van der Waals surface area contributed by atoms with Crippen LogP contribution in [0.4, 0.5) is 5.69 Å². The van der Waals surface area contributed by atoms with Gasteiger partial charge < -0.3 is 10.1 Å². The Balaban J connectivity index is 1.50. The Labute approximate surface area is 147 Å². The zero-order chi connectivity index (χ0) is 17.1. The first-order chi connectivity index (χ1) is 12.3. The second-order valence-electron chi connectivity index (χ2n) is 6.52. The molecule has 6 nitrogen and oxygen atoms in total. The van der Waals surface area contributed by atoms with E-state index in [-0.39, 0.29) is 0 Å². The second kappa shape index (κ2) is 7.09. The fourth-order valence-corrected chi connectivity index (χ4v) is 3.31. The monoisotopic (exact) mass is 337 g/mol. The zero-order valence-electron chi connectivity index (χ0n) is 14.5. The number of fused-ring (bicyclic) bond motifs is 1. The molecule has 2 heterocycles. The number of ether oxygens (including phenoxy) is 1. The first-order valence-electron chi connectivity index (χ1n) is 9.06. The van der Waals surface area contributed by atoms with Crippen molar-refractivity contribution in [1.29, 1.82) is 0 Å². The van der Waals surface area contributed by atoms with Crippen LogP contribution in [0, 0.1) is 0 Å². The van der Waals surface area contributed by atoms with E-state index in [1.807, 2.05) is 18.2 Å². The van der Waals surface area contributed by atoms with Crippen LogP contribution in [0.25, 0.3) is 5.78 Å². The molecule has 2 aromatic heterocycles. The van der Waals surface area contributed by atoms with Gasteiger partial charge in [-0.1, -0.05) is 26.2 Å². The topological polar surface area (TPSA) is 64.3 Å². The Morgan fingerprint density at radius 1 is 1.16 bits per heavy atom. The molecule has 130 valence electrons. The molecule has 0 atom stereocenters. The lowest BCUT2D eigenvalue weighted by molar-refractivity contribution is 0.444. The van der Waals surface area contributed by atoms with Crippen LogP contribution in [0.2, 0.25) is 0 Å². The molecule has 0 aliphatic heterocycles. The Morgan fingerprint density at radius 2 is 1.96 bits per heavy atom. The molecule has 3 aromatic rings. The van der Waals surface area contributed by atoms with E-state index in [9.17, 15) is 0 Å². The SMILES string of the molecule is CCc1cc(Oc2ccc(NC3CCCCC3)cc2)n2ncnc2n1. The number of nitrogens with one attached hydrogen (secondary N) is 1. The van der Waals surface area contributed by atoms with Crippen LogP contribution in [0.3, 0.4) is 0 Å². The molecular formula is C19H23N5O. The van der Waals surface area contributed by atoms with E-state index >= 15 is 0 Å². The number of nitrogens with zero attached hydrogens (tertiary/aromatic N) is 4. The number of anilines is 1. The van der Waals surface area contributed by atoms with Gasteiger partial charge >= 0.3 is 0 Å². The highest BCUT2D eigenvalue weighted by molar-refractivity contribution is 5.48. The molecule has 1 aliphatic carbocycles. The van der Waals surface area contributed by atoms with Gasteiger partial charge in [0.2, 0.25) is 5.88 Å². The Hall–Kier alpha value is -2.63. The molecule has 1 saturated carbocycles. The van der Waals surface area contributed by atoms with E-state index in [0.29, 0.717) is 17.7 Å². The first kappa shape index (κ1) is 15.9. The van der Waals surface area contributed by atoms with Gasteiger partial charge in [-0.2, -0.15) is 14.6 Å². The van der Waals surface area contributed by atoms with Gasteiger partial charge in [-0.05, 0) is 43.5 Å². The minimum atomic E-state index is 0.560. The molecule has 0 unspecified atom stereocenters. The van der Waals surface area contributed by atoms with Crippen LogP contribution >= 0.6 is 0 Å². The van der Waals surface area contributed by atoms with Crippen LogP contribution in [0.1, 0.15) is 44.7 Å². The molecule has 4 rings (SSSR count). The number of rotatable bonds is 5. The molecule has 0 spiro atoms. The van der Waals surface area contributed by atoms with Crippen LogP contribution in [-0.2, 0) is 6.42 Å². The number of aryl methyl sites for hydroxylation is 1. The second-order valence-corrected chi connectivity index (χ2v) is 6.52. The molecule has 0 bridgehead atoms. The van der Waals surface area contributed by atoms with Gasteiger partial charge in [0, 0.05) is 23.5 Å². The van der Waals surface area contributed by atoms with Crippen molar-refractivity contribution in [3.05, 3.63) is 42.4 Å². The van der Waals surface area contributed by atoms with Crippen molar-refractivity contribution < 1.29 is 4.74 Å². The van der Waals surface area contributed by atoms with Crippen molar-refractivity contribution in [3.8, 4) is 11.6 Å². The van der Waals surface area contributed by atoms with E-state index in [2.05, 4.69) is 39.4 Å². The summed E-state index contributed by atoms with van der Waals surface area (Å²) in [5.41, 5.74) is 2.08. The minimum absolute atomic E-state index is 0.560. The molecule has 6 heteroatoms. The predicted octanol–water partition coefficient (Wildman–Crippen LogP) is 4.22. The van der Waals surface area contributed by atoms with E-state index < -0.39 is 0 Å². The summed E-state index contributed by atoms with van der Waals surface area (Å²) in [6, 6.07) is 10.6. The summed E-state index contributed by atoms with van der Waals surface area (Å²) in [6.07, 6.45) is 8.87. The van der Waals surface area contributed by atoms with Crippen LogP contribution in [0.5, 0.6) is 11.6 Å². The third kappa shape index (κ3) is 3.57. The van der Waals surface area contributed by atoms with Crippen LogP contribution in [0.15, 0.2) is 36.7 Å². The highest BCUT2D eigenvalue weighted by Gasteiger charge is 2.13. The maximum absolute atomic E-state index is 6.03.